The maximum atomic E-state index is 10.3. The fourth-order valence-corrected chi connectivity index (χ4v) is 0.0319. The Balaban J connectivity index is 2.75. The van der Waals surface area contributed by atoms with E-state index in [0.717, 1.165) is 0 Å². The highest BCUT2D eigenvalue weighted by Crippen LogP contribution is 2.32. The highest BCUT2D eigenvalue weighted by atomic mass is 31.2. The molecule has 3 nitrogen and oxygen atoms in total. The van der Waals surface area contributed by atoms with Crippen molar-refractivity contribution in [2.45, 2.75) is 0 Å². The van der Waals surface area contributed by atoms with Gasteiger partial charge < -0.3 is 4.89 Å². The average molecular weight is 118 g/mol. The molecule has 0 unspecified atom stereocenters. The van der Waals surface area contributed by atoms with Gasteiger partial charge in [0, 0.05) is 0 Å². The Morgan fingerprint density at radius 1 is 1.33 bits per heavy atom. The molecular weight excluding hydrogens is 117 g/mol. The summed E-state index contributed by atoms with van der Waals surface area (Å²) in [4.78, 5) is 7.54. The molecule has 1 N–H and O–H groups in total. The first-order valence-electron chi connectivity index (χ1n) is 0.874. The Bertz CT molecular complexity index is 28.0. The average Bonchev–Trinajstić information content (AvgIpc) is 1.65. The summed E-state index contributed by atoms with van der Waals surface area (Å²) >= 11 is 0. The molecule has 0 aromatic heterocycles. The van der Waals surface area contributed by atoms with Gasteiger partial charge in [-0.1, -0.05) is 0 Å². The summed E-state index contributed by atoms with van der Waals surface area (Å²) in [5, 5.41) is 0. The fourth-order valence-electron chi connectivity index (χ4n) is 0.0106. The quantitative estimate of drug-likeness (QED) is 0.549. The number of hydrogen-bond acceptors (Lipinski definition) is 3. The maximum Gasteiger partial charge on any atom is 0.400 e. The van der Waals surface area contributed by atoms with Crippen molar-refractivity contribution >= 4 is 8.60 Å². The smallest absolute Gasteiger partial charge is 0.324 e. The van der Waals surface area contributed by atoms with Crippen LogP contribution in [0.4, 0.5) is 9.05 Å². The van der Waals surface area contributed by atoms with Gasteiger partial charge in [-0.05, 0) is 9.05 Å². The van der Waals surface area contributed by atoms with Crippen molar-refractivity contribution < 1.29 is 23.4 Å². The van der Waals surface area contributed by atoms with Gasteiger partial charge in [-0.25, -0.2) is 0 Å². The molecule has 0 aromatic rings. The van der Waals surface area contributed by atoms with Gasteiger partial charge in [0.2, 0.25) is 0 Å². The summed E-state index contributed by atoms with van der Waals surface area (Å²) in [5.74, 6) is 0. The van der Waals surface area contributed by atoms with Crippen molar-refractivity contribution in [1.29, 1.82) is 0 Å². The highest BCUT2D eigenvalue weighted by Gasteiger charge is 2.03. The van der Waals surface area contributed by atoms with E-state index in [1.807, 2.05) is 0 Å². The molecule has 0 saturated carbocycles. The Hall–Kier alpha value is 0.170. The van der Waals surface area contributed by atoms with Crippen molar-refractivity contribution in [1.82, 2.24) is 0 Å². The second-order valence-corrected chi connectivity index (χ2v) is 1.13. The molecule has 6 heavy (non-hydrogen) atoms. The minimum atomic E-state index is -2.91. The first-order chi connectivity index (χ1) is 2.81. The van der Waals surface area contributed by atoms with Crippen LogP contribution in [0.25, 0.3) is 0 Å². The van der Waals surface area contributed by atoms with Crippen LogP contribution in [-0.4, -0.2) is 4.89 Å². The predicted molar refractivity (Wildman–Crippen MR) is 13.5 cm³/mol. The van der Waals surface area contributed by atoms with Crippen LogP contribution in [-0.2, 0) is 9.46 Å². The molecule has 0 rings (SSSR count). The number of hydrogen-bond donors (Lipinski definition) is 1. The lowest BCUT2D eigenvalue weighted by Gasteiger charge is -1.88. The molecule has 0 saturated heterocycles. The van der Waals surface area contributed by atoms with E-state index in [-0.39, 0.29) is 0 Å². The molecule has 0 bridgehead atoms. The van der Waals surface area contributed by atoms with Crippen LogP contribution in [0.2, 0.25) is 0 Å². The van der Waals surface area contributed by atoms with E-state index in [4.69, 9.17) is 4.89 Å². The first-order valence-corrected chi connectivity index (χ1v) is 2.00. The summed E-state index contributed by atoms with van der Waals surface area (Å²) in [6, 6.07) is 0. The van der Waals surface area contributed by atoms with Crippen LogP contribution in [0.15, 0.2) is 0 Å². The zero-order chi connectivity index (χ0) is 4.99. The molecule has 0 fully saturated rings. The summed E-state index contributed by atoms with van der Waals surface area (Å²) < 4.78 is 25.4. The van der Waals surface area contributed by atoms with Gasteiger partial charge >= 0.3 is 8.60 Å². The molecule has 0 spiro atoms. The maximum absolute atomic E-state index is 10.3. The molecule has 0 heterocycles. The molecule has 0 aliphatic carbocycles. The van der Waals surface area contributed by atoms with Crippen LogP contribution in [0.1, 0.15) is 0 Å². The van der Waals surface area contributed by atoms with Gasteiger partial charge in [0.25, 0.3) is 0 Å². The second kappa shape index (κ2) is 3.36. The molecule has 0 amide bonds. The molecule has 0 aromatic carbocycles. The molecule has 6 heteroatoms. The fraction of sp³-hybridized carbons (Fsp3) is 0. The summed E-state index contributed by atoms with van der Waals surface area (Å²) in [6.45, 7) is 0. The van der Waals surface area contributed by atoms with Gasteiger partial charge in [-0.15, -0.1) is 9.46 Å². The van der Waals surface area contributed by atoms with Crippen molar-refractivity contribution in [2.24, 2.45) is 0 Å². The lowest BCUT2D eigenvalue weighted by atomic mass is 15.6. The molecule has 0 aliphatic rings. The Kier molecular flexibility index (Phi) is 3.46. The summed E-state index contributed by atoms with van der Waals surface area (Å²) in [6.07, 6.45) is 0. The van der Waals surface area contributed by atoms with Crippen molar-refractivity contribution in [3.63, 3.8) is 0 Å². The largest absolute Gasteiger partial charge is 0.400 e. The van der Waals surface area contributed by atoms with Gasteiger partial charge in [0.05, 0.1) is 0 Å². The third-order valence-corrected chi connectivity index (χ3v) is 0.354. The van der Waals surface area contributed by atoms with Crippen molar-refractivity contribution in [3.8, 4) is 0 Å². The molecule has 0 aliphatic heterocycles. The van der Waals surface area contributed by atoms with Crippen LogP contribution >= 0.6 is 8.60 Å². The zero-order valence-corrected chi connectivity index (χ0v) is 3.36. The minimum Gasteiger partial charge on any atom is -0.324 e. The standard InChI is InChI=1S/F2HO3P/c1-4-6(3)5-2/h3H. The Morgan fingerprint density at radius 2 is 1.67 bits per heavy atom. The van der Waals surface area contributed by atoms with E-state index >= 15 is 0 Å². The van der Waals surface area contributed by atoms with Gasteiger partial charge in [0.1, 0.15) is 0 Å². The van der Waals surface area contributed by atoms with E-state index in [0.29, 0.717) is 0 Å². The van der Waals surface area contributed by atoms with E-state index in [1.54, 1.807) is 0 Å². The monoisotopic (exact) mass is 118 g/mol. The predicted octanol–water partition coefficient (Wildman–Crippen LogP) is 1.01. The summed E-state index contributed by atoms with van der Waals surface area (Å²) in [5.41, 5.74) is 0. The van der Waals surface area contributed by atoms with Crippen LogP contribution in [0.5, 0.6) is 0 Å². The van der Waals surface area contributed by atoms with Gasteiger partial charge in [0.15, 0.2) is 0 Å². The van der Waals surface area contributed by atoms with Gasteiger partial charge in [-0.2, -0.15) is 0 Å². The molecule has 0 radical (unpaired) electrons. The Labute approximate surface area is 33.3 Å². The van der Waals surface area contributed by atoms with Crippen molar-refractivity contribution in [3.05, 3.63) is 0 Å². The second-order valence-electron chi connectivity index (χ2n) is 0.376. The third kappa shape index (κ3) is 2.41. The topological polar surface area (TPSA) is 38.7 Å². The highest BCUT2D eigenvalue weighted by molar-refractivity contribution is 7.40. The number of halogens is 2. The first kappa shape index (κ1) is 6.17. The van der Waals surface area contributed by atoms with Crippen LogP contribution < -0.4 is 0 Å². The van der Waals surface area contributed by atoms with E-state index in [1.165, 1.54) is 0 Å². The number of rotatable bonds is 2. The normalized spacial score (nSPS) is 10.0. The van der Waals surface area contributed by atoms with E-state index < -0.39 is 8.60 Å². The van der Waals surface area contributed by atoms with Crippen molar-refractivity contribution in [2.75, 3.05) is 0 Å². The Morgan fingerprint density at radius 3 is 1.67 bits per heavy atom. The third-order valence-electron chi connectivity index (χ3n) is 0.118. The van der Waals surface area contributed by atoms with Crippen LogP contribution in [0.3, 0.4) is 0 Å². The molecule has 38 valence electrons. The summed E-state index contributed by atoms with van der Waals surface area (Å²) in [7, 11) is -2.91. The molecular formula is HF2O3P. The minimum absolute atomic E-state index is 2.42. The van der Waals surface area contributed by atoms with E-state index in [9.17, 15) is 9.05 Å². The molecule has 0 atom stereocenters. The lowest BCUT2D eigenvalue weighted by Crippen LogP contribution is -1.66. The van der Waals surface area contributed by atoms with Gasteiger partial charge in [-0.3, -0.25) is 0 Å². The SMILES string of the molecule is OP(OF)OF. The lowest BCUT2D eigenvalue weighted by molar-refractivity contribution is -0.0884. The van der Waals surface area contributed by atoms with Crippen LogP contribution in [0, 0.1) is 0 Å². The van der Waals surface area contributed by atoms with E-state index in [2.05, 4.69) is 9.46 Å². The zero-order valence-electron chi connectivity index (χ0n) is 2.47.